The van der Waals surface area contributed by atoms with Gasteiger partial charge in [-0.05, 0) is 12.8 Å². The molecule has 0 radical (unpaired) electrons. The maximum Gasteiger partial charge on any atom is 0.256 e. The number of carbonyl (C=O) groups excluding carboxylic acids is 1. The number of unbranched alkanes of at least 4 members (excludes halogenated alkanes) is 9. The van der Waals surface area contributed by atoms with Gasteiger partial charge in [-0.25, -0.2) is 0 Å². The molecular weight excluding hydrogens is 226 g/mol. The Kier molecular flexibility index (Phi) is 10.0. The second kappa shape index (κ2) is 10.4. The molecule has 0 fully saturated rings. The van der Waals surface area contributed by atoms with E-state index < -0.39 is 6.09 Å². The highest BCUT2D eigenvalue weighted by molar-refractivity contribution is 5.53. The van der Waals surface area contributed by atoms with Gasteiger partial charge in [-0.2, -0.15) is 0 Å². The minimum atomic E-state index is -0.981. The van der Waals surface area contributed by atoms with E-state index in [9.17, 15) is 9.90 Å². The fourth-order valence-corrected chi connectivity index (χ4v) is 2.09. The average molecular weight is 257 g/mol. The van der Waals surface area contributed by atoms with Gasteiger partial charge in [0.1, 0.15) is 0 Å². The Labute approximate surface area is 113 Å². The summed E-state index contributed by atoms with van der Waals surface area (Å²) < 4.78 is -0.0168. The number of carbonyl (C=O) groups is 1. The van der Waals surface area contributed by atoms with Gasteiger partial charge >= 0.3 is 0 Å². The fourth-order valence-electron chi connectivity index (χ4n) is 2.09. The summed E-state index contributed by atoms with van der Waals surface area (Å²) in [6.07, 6.45) is 11.8. The van der Waals surface area contributed by atoms with Crippen molar-refractivity contribution in [1.29, 1.82) is 0 Å². The molecule has 3 heteroatoms. The Morgan fingerprint density at radius 1 is 0.833 bits per heavy atom. The van der Waals surface area contributed by atoms with Crippen molar-refractivity contribution in [1.82, 2.24) is 0 Å². The molecule has 0 unspecified atom stereocenters. The van der Waals surface area contributed by atoms with E-state index in [1.165, 1.54) is 51.4 Å². The smallest absolute Gasteiger partial charge is 0.256 e. The molecule has 0 atom stereocenters. The molecule has 0 N–H and O–H groups in total. The molecule has 0 spiro atoms. The molecule has 0 bridgehead atoms. The van der Waals surface area contributed by atoms with Crippen molar-refractivity contribution in [2.75, 3.05) is 20.6 Å². The number of nitrogens with zero attached hydrogens (tertiary/aromatic N) is 1. The van der Waals surface area contributed by atoms with Crippen molar-refractivity contribution in [2.24, 2.45) is 0 Å². The van der Waals surface area contributed by atoms with Crippen LogP contribution >= 0.6 is 0 Å². The highest BCUT2D eigenvalue weighted by Gasteiger charge is 2.16. The predicted molar refractivity (Wildman–Crippen MR) is 74.2 cm³/mol. The minimum Gasteiger partial charge on any atom is -0.498 e. The third-order valence-corrected chi connectivity index (χ3v) is 3.56. The molecule has 0 aromatic heterocycles. The van der Waals surface area contributed by atoms with Crippen molar-refractivity contribution >= 4 is 6.09 Å². The number of hydrogen-bond acceptors (Lipinski definition) is 2. The molecule has 18 heavy (non-hydrogen) atoms. The monoisotopic (exact) mass is 257 g/mol. The topological polar surface area (TPSA) is 40.1 Å². The molecule has 0 aliphatic carbocycles. The Morgan fingerprint density at radius 3 is 1.61 bits per heavy atom. The van der Waals surface area contributed by atoms with E-state index in [1.807, 2.05) is 0 Å². The molecule has 1 amide bonds. The number of carboxylic acid groups (broad SMARTS) is 1. The van der Waals surface area contributed by atoms with Gasteiger partial charge in [0.2, 0.25) is 0 Å². The van der Waals surface area contributed by atoms with Gasteiger partial charge in [-0.15, -0.1) is 0 Å². The first-order chi connectivity index (χ1) is 8.50. The highest BCUT2D eigenvalue weighted by Crippen LogP contribution is 2.11. The standard InChI is InChI=1S/C15H31NO2/c1-4-5-6-7-8-9-10-11-12-13-14-16(2,3)15(17)18/h4-14H2,1-3H3. The number of amides is 1. The van der Waals surface area contributed by atoms with Gasteiger partial charge in [-0.3, -0.25) is 4.48 Å². The van der Waals surface area contributed by atoms with Crippen LogP contribution in [0.3, 0.4) is 0 Å². The van der Waals surface area contributed by atoms with Crippen LogP contribution in [-0.4, -0.2) is 31.2 Å². The van der Waals surface area contributed by atoms with Crippen molar-refractivity contribution in [2.45, 2.75) is 71.1 Å². The van der Waals surface area contributed by atoms with Crippen LogP contribution in [0.25, 0.3) is 0 Å². The summed E-state index contributed by atoms with van der Waals surface area (Å²) in [5.41, 5.74) is 0. The Hall–Kier alpha value is -0.570. The lowest BCUT2D eigenvalue weighted by atomic mass is 10.1. The van der Waals surface area contributed by atoms with Crippen LogP contribution in [0.15, 0.2) is 0 Å². The number of quaternary nitrogens is 1. The second-order valence-electron chi connectivity index (χ2n) is 5.86. The van der Waals surface area contributed by atoms with E-state index in [4.69, 9.17) is 0 Å². The van der Waals surface area contributed by atoms with Crippen molar-refractivity contribution in [3.8, 4) is 0 Å². The molecule has 0 aromatic rings. The van der Waals surface area contributed by atoms with Crippen molar-refractivity contribution in [3.63, 3.8) is 0 Å². The third-order valence-electron chi connectivity index (χ3n) is 3.56. The predicted octanol–water partition coefficient (Wildman–Crippen LogP) is 3.33. The summed E-state index contributed by atoms with van der Waals surface area (Å²) >= 11 is 0. The molecule has 0 aliphatic heterocycles. The lowest BCUT2D eigenvalue weighted by Gasteiger charge is -2.28. The molecule has 0 saturated heterocycles. The van der Waals surface area contributed by atoms with E-state index >= 15 is 0 Å². The zero-order chi connectivity index (χ0) is 13.9. The van der Waals surface area contributed by atoms with Crippen LogP contribution in [0.1, 0.15) is 71.1 Å². The Balaban J connectivity index is 3.24. The average Bonchev–Trinajstić information content (AvgIpc) is 2.31. The summed E-state index contributed by atoms with van der Waals surface area (Å²) in [4.78, 5) is 10.8. The summed E-state index contributed by atoms with van der Waals surface area (Å²) in [5.74, 6) is 0. The quantitative estimate of drug-likeness (QED) is 0.421. The van der Waals surface area contributed by atoms with Crippen LogP contribution in [-0.2, 0) is 0 Å². The lowest BCUT2D eigenvalue weighted by molar-refractivity contribution is -0.838. The lowest BCUT2D eigenvalue weighted by Crippen LogP contribution is -2.53. The zero-order valence-electron chi connectivity index (χ0n) is 12.5. The van der Waals surface area contributed by atoms with Crippen LogP contribution < -0.4 is 5.11 Å². The molecule has 0 aliphatic rings. The molecule has 108 valence electrons. The number of rotatable bonds is 11. The van der Waals surface area contributed by atoms with Gasteiger partial charge < -0.3 is 9.90 Å². The SMILES string of the molecule is CCCCCCCCCCCC[N+](C)(C)C(=O)[O-]. The first-order valence-corrected chi connectivity index (χ1v) is 7.55. The van der Waals surface area contributed by atoms with E-state index in [0.717, 1.165) is 12.8 Å². The van der Waals surface area contributed by atoms with Crippen LogP contribution in [0.4, 0.5) is 4.79 Å². The van der Waals surface area contributed by atoms with Crippen molar-refractivity contribution < 1.29 is 14.4 Å². The second-order valence-corrected chi connectivity index (χ2v) is 5.86. The summed E-state index contributed by atoms with van der Waals surface area (Å²) in [6.45, 7) is 2.92. The van der Waals surface area contributed by atoms with Crippen LogP contribution in [0.2, 0.25) is 0 Å². The van der Waals surface area contributed by atoms with Gasteiger partial charge in [0.05, 0.1) is 20.6 Å². The van der Waals surface area contributed by atoms with Gasteiger partial charge in [0.15, 0.2) is 0 Å². The molecular formula is C15H31NO2. The summed E-state index contributed by atoms with van der Waals surface area (Å²) in [5, 5.41) is 10.8. The number of hydrogen-bond donors (Lipinski definition) is 0. The van der Waals surface area contributed by atoms with E-state index in [-0.39, 0.29) is 4.48 Å². The first kappa shape index (κ1) is 17.4. The zero-order valence-corrected chi connectivity index (χ0v) is 12.5. The molecule has 0 saturated carbocycles. The minimum absolute atomic E-state index is 0.0168. The van der Waals surface area contributed by atoms with E-state index in [2.05, 4.69) is 6.92 Å². The fraction of sp³-hybridized carbons (Fsp3) is 0.933. The largest absolute Gasteiger partial charge is 0.498 e. The normalized spacial score (nSPS) is 11.7. The molecule has 3 nitrogen and oxygen atoms in total. The maximum atomic E-state index is 10.8. The Bertz CT molecular complexity index is 215. The first-order valence-electron chi connectivity index (χ1n) is 7.55. The van der Waals surface area contributed by atoms with Gasteiger partial charge in [0.25, 0.3) is 6.09 Å². The van der Waals surface area contributed by atoms with Crippen LogP contribution in [0, 0.1) is 0 Å². The van der Waals surface area contributed by atoms with Crippen molar-refractivity contribution in [3.05, 3.63) is 0 Å². The van der Waals surface area contributed by atoms with Crippen LogP contribution in [0.5, 0.6) is 0 Å². The van der Waals surface area contributed by atoms with Gasteiger partial charge in [-0.1, -0.05) is 58.3 Å². The van der Waals surface area contributed by atoms with E-state index in [1.54, 1.807) is 14.1 Å². The molecule has 0 heterocycles. The molecule has 0 aromatic carbocycles. The summed E-state index contributed by atoms with van der Waals surface area (Å²) in [7, 11) is 3.39. The Morgan fingerprint density at radius 2 is 1.22 bits per heavy atom. The molecule has 0 rings (SSSR count). The maximum absolute atomic E-state index is 10.8. The third kappa shape index (κ3) is 9.46. The highest BCUT2D eigenvalue weighted by atomic mass is 16.4. The van der Waals surface area contributed by atoms with Gasteiger partial charge in [0, 0.05) is 0 Å². The van der Waals surface area contributed by atoms with E-state index in [0.29, 0.717) is 6.54 Å². The summed E-state index contributed by atoms with van der Waals surface area (Å²) in [6, 6.07) is 0.